The Labute approximate surface area is 167 Å². The molecule has 2 aromatic carbocycles. The lowest BCUT2D eigenvalue weighted by atomic mass is 10.2. The molecule has 6 nitrogen and oxygen atoms in total. The van der Waals surface area contributed by atoms with Gasteiger partial charge in [-0.05, 0) is 36.1 Å². The van der Waals surface area contributed by atoms with E-state index in [0.29, 0.717) is 6.54 Å². The fraction of sp³-hybridized carbons (Fsp3) is 0.409. The van der Waals surface area contributed by atoms with Gasteiger partial charge in [0, 0.05) is 26.7 Å². The minimum Gasteiger partial charge on any atom is -0.493 e. The molecule has 2 aromatic rings. The van der Waals surface area contributed by atoms with Gasteiger partial charge in [0.2, 0.25) is 0 Å². The Bertz CT molecular complexity index is 720. The Balaban J connectivity index is 1.61. The van der Waals surface area contributed by atoms with Gasteiger partial charge < -0.3 is 24.8 Å². The first-order valence-electron chi connectivity index (χ1n) is 9.54. The normalized spacial score (nSPS) is 11.2. The molecule has 0 heterocycles. The van der Waals surface area contributed by atoms with Crippen LogP contribution in [-0.4, -0.2) is 47.0 Å². The minimum absolute atomic E-state index is 0.646. The number of guanidine groups is 1. The van der Waals surface area contributed by atoms with Gasteiger partial charge in [0.05, 0.1) is 20.8 Å². The molecule has 2 N–H and O–H groups in total. The third-order valence-electron chi connectivity index (χ3n) is 4.27. The summed E-state index contributed by atoms with van der Waals surface area (Å²) in [6.07, 6.45) is 1.87. The molecule has 0 aliphatic carbocycles. The van der Waals surface area contributed by atoms with Crippen LogP contribution in [0.2, 0.25) is 0 Å². The van der Waals surface area contributed by atoms with Gasteiger partial charge >= 0.3 is 0 Å². The number of nitrogens with zero attached hydrogens (tertiary/aromatic N) is 1. The van der Waals surface area contributed by atoms with Gasteiger partial charge in [-0.1, -0.05) is 36.4 Å². The molecule has 28 heavy (non-hydrogen) atoms. The molecule has 0 aliphatic heterocycles. The topological polar surface area (TPSA) is 64.1 Å². The second kappa shape index (κ2) is 12.6. The van der Waals surface area contributed by atoms with Crippen LogP contribution in [0, 0.1) is 0 Å². The first-order chi connectivity index (χ1) is 13.8. The van der Waals surface area contributed by atoms with Crippen molar-refractivity contribution in [3.63, 3.8) is 0 Å². The second-order valence-electron chi connectivity index (χ2n) is 6.24. The summed E-state index contributed by atoms with van der Waals surface area (Å²) in [6, 6.07) is 16.3. The highest BCUT2D eigenvalue weighted by molar-refractivity contribution is 5.79. The van der Waals surface area contributed by atoms with Crippen molar-refractivity contribution in [2.24, 2.45) is 4.99 Å². The van der Waals surface area contributed by atoms with E-state index in [4.69, 9.17) is 14.2 Å². The zero-order valence-electron chi connectivity index (χ0n) is 17.0. The molecule has 0 radical (unpaired) electrons. The number of ether oxygens (including phenoxy) is 3. The monoisotopic (exact) mass is 385 g/mol. The summed E-state index contributed by atoms with van der Waals surface area (Å²) in [4.78, 5) is 4.25. The van der Waals surface area contributed by atoms with Gasteiger partial charge in [0.25, 0.3) is 0 Å². The molecular weight excluding hydrogens is 354 g/mol. The molecule has 2 rings (SSSR count). The van der Waals surface area contributed by atoms with Crippen molar-refractivity contribution in [1.82, 2.24) is 10.6 Å². The standard InChI is InChI=1S/C22H31N3O3/c1-23-22(25-17-19-10-11-20(26-2)21(16-19)27-3)24-13-7-14-28-15-12-18-8-5-4-6-9-18/h4-6,8-11,16H,7,12-15,17H2,1-3H3,(H2,23,24,25). The van der Waals surface area contributed by atoms with Crippen molar-refractivity contribution in [2.45, 2.75) is 19.4 Å². The fourth-order valence-corrected chi connectivity index (χ4v) is 2.71. The Kier molecular flexibility index (Phi) is 9.72. The predicted molar refractivity (Wildman–Crippen MR) is 113 cm³/mol. The molecule has 0 amide bonds. The molecule has 0 aliphatic rings. The van der Waals surface area contributed by atoms with Crippen molar-refractivity contribution in [1.29, 1.82) is 0 Å². The van der Waals surface area contributed by atoms with Crippen LogP contribution in [0.4, 0.5) is 0 Å². The van der Waals surface area contributed by atoms with E-state index in [9.17, 15) is 0 Å². The zero-order chi connectivity index (χ0) is 20.0. The number of methoxy groups -OCH3 is 2. The third-order valence-corrected chi connectivity index (χ3v) is 4.27. The first kappa shape index (κ1) is 21.6. The van der Waals surface area contributed by atoms with Gasteiger partial charge in [-0.3, -0.25) is 4.99 Å². The van der Waals surface area contributed by atoms with Crippen LogP contribution >= 0.6 is 0 Å². The van der Waals surface area contributed by atoms with E-state index in [-0.39, 0.29) is 0 Å². The van der Waals surface area contributed by atoms with Crippen molar-refractivity contribution in [3.8, 4) is 11.5 Å². The molecule has 0 aromatic heterocycles. The van der Waals surface area contributed by atoms with Gasteiger partial charge in [-0.15, -0.1) is 0 Å². The Morgan fingerprint density at radius 2 is 1.68 bits per heavy atom. The number of hydrogen-bond acceptors (Lipinski definition) is 4. The van der Waals surface area contributed by atoms with Crippen LogP contribution in [0.25, 0.3) is 0 Å². The van der Waals surface area contributed by atoms with Crippen molar-refractivity contribution in [3.05, 3.63) is 59.7 Å². The Morgan fingerprint density at radius 1 is 0.893 bits per heavy atom. The average Bonchev–Trinajstić information content (AvgIpc) is 2.75. The van der Waals surface area contributed by atoms with Crippen LogP contribution < -0.4 is 20.1 Å². The van der Waals surface area contributed by atoms with Gasteiger partial charge in [0.15, 0.2) is 17.5 Å². The third kappa shape index (κ3) is 7.48. The summed E-state index contributed by atoms with van der Waals surface area (Å²) in [7, 11) is 5.03. The predicted octanol–water partition coefficient (Wildman–Crippen LogP) is 3.02. The highest BCUT2D eigenvalue weighted by Crippen LogP contribution is 2.27. The molecule has 0 spiro atoms. The summed E-state index contributed by atoms with van der Waals surface area (Å²) < 4.78 is 16.3. The fourth-order valence-electron chi connectivity index (χ4n) is 2.71. The summed E-state index contributed by atoms with van der Waals surface area (Å²) >= 11 is 0. The number of hydrogen-bond donors (Lipinski definition) is 2. The molecule has 152 valence electrons. The molecular formula is C22H31N3O3. The number of rotatable bonds is 11. The summed E-state index contributed by atoms with van der Waals surface area (Å²) in [5.41, 5.74) is 2.39. The highest BCUT2D eigenvalue weighted by Gasteiger charge is 2.05. The van der Waals surface area contributed by atoms with Crippen molar-refractivity contribution < 1.29 is 14.2 Å². The molecule has 6 heteroatoms. The Hall–Kier alpha value is -2.73. The first-order valence-corrected chi connectivity index (χ1v) is 9.54. The maximum absolute atomic E-state index is 5.70. The van der Waals surface area contributed by atoms with Gasteiger partial charge in [-0.25, -0.2) is 0 Å². The zero-order valence-corrected chi connectivity index (χ0v) is 17.0. The van der Waals surface area contributed by atoms with E-state index in [0.717, 1.165) is 55.6 Å². The summed E-state index contributed by atoms with van der Waals surface area (Å²) in [6.45, 7) is 2.92. The van der Waals surface area contributed by atoms with Crippen LogP contribution in [0.15, 0.2) is 53.5 Å². The largest absolute Gasteiger partial charge is 0.493 e. The number of benzene rings is 2. The lowest BCUT2D eigenvalue weighted by molar-refractivity contribution is 0.135. The highest BCUT2D eigenvalue weighted by atomic mass is 16.5. The molecule has 0 saturated carbocycles. The van der Waals surface area contributed by atoms with Crippen LogP contribution in [0.1, 0.15) is 17.5 Å². The number of nitrogens with one attached hydrogen (secondary N) is 2. The maximum Gasteiger partial charge on any atom is 0.191 e. The SMILES string of the molecule is CN=C(NCCCOCCc1ccccc1)NCc1ccc(OC)c(OC)c1. The van der Waals surface area contributed by atoms with E-state index in [1.807, 2.05) is 24.3 Å². The van der Waals surface area contributed by atoms with Crippen LogP contribution in [0.5, 0.6) is 11.5 Å². The Morgan fingerprint density at radius 3 is 2.39 bits per heavy atom. The lowest BCUT2D eigenvalue weighted by Gasteiger charge is -2.13. The quantitative estimate of drug-likeness (QED) is 0.354. The maximum atomic E-state index is 5.70. The van der Waals surface area contributed by atoms with E-state index in [2.05, 4.69) is 39.9 Å². The van der Waals surface area contributed by atoms with E-state index in [1.165, 1.54) is 5.56 Å². The summed E-state index contributed by atoms with van der Waals surface area (Å²) in [5.74, 6) is 2.21. The van der Waals surface area contributed by atoms with Gasteiger partial charge in [0.1, 0.15) is 0 Å². The van der Waals surface area contributed by atoms with E-state index in [1.54, 1.807) is 21.3 Å². The molecule has 0 saturated heterocycles. The lowest BCUT2D eigenvalue weighted by Crippen LogP contribution is -2.37. The van der Waals surface area contributed by atoms with Crippen LogP contribution in [-0.2, 0) is 17.7 Å². The van der Waals surface area contributed by atoms with E-state index >= 15 is 0 Å². The summed E-state index contributed by atoms with van der Waals surface area (Å²) in [5, 5.41) is 6.60. The number of aliphatic imine (C=N–C) groups is 1. The van der Waals surface area contributed by atoms with E-state index < -0.39 is 0 Å². The molecule has 0 fully saturated rings. The second-order valence-corrected chi connectivity index (χ2v) is 6.24. The van der Waals surface area contributed by atoms with Crippen LogP contribution in [0.3, 0.4) is 0 Å². The molecule has 0 bridgehead atoms. The molecule has 0 atom stereocenters. The smallest absolute Gasteiger partial charge is 0.191 e. The minimum atomic E-state index is 0.646. The van der Waals surface area contributed by atoms with Gasteiger partial charge in [-0.2, -0.15) is 0 Å². The van der Waals surface area contributed by atoms with Crippen molar-refractivity contribution in [2.75, 3.05) is 41.0 Å². The van der Waals surface area contributed by atoms with Crippen molar-refractivity contribution >= 4 is 5.96 Å². The average molecular weight is 386 g/mol. The molecule has 0 unspecified atom stereocenters.